The molecular formula is C22H30N4O2. The molecule has 6 heteroatoms. The smallest absolute Gasteiger partial charge is 0.222 e. The van der Waals surface area contributed by atoms with E-state index in [0.29, 0.717) is 18.2 Å². The fourth-order valence-corrected chi connectivity index (χ4v) is 3.86. The monoisotopic (exact) mass is 382 g/mol. The van der Waals surface area contributed by atoms with Gasteiger partial charge in [0.15, 0.2) is 0 Å². The Balaban J connectivity index is 1.20. The van der Waals surface area contributed by atoms with Crippen molar-refractivity contribution in [1.29, 1.82) is 0 Å². The fraction of sp³-hybridized carbons (Fsp3) is 0.545. The molecular weight excluding hydrogens is 352 g/mol. The van der Waals surface area contributed by atoms with Crippen LogP contribution in [0.2, 0.25) is 0 Å². The van der Waals surface area contributed by atoms with Crippen molar-refractivity contribution in [2.75, 3.05) is 31.6 Å². The van der Waals surface area contributed by atoms with Gasteiger partial charge in [-0.2, -0.15) is 0 Å². The Hall–Kier alpha value is -2.18. The van der Waals surface area contributed by atoms with Crippen molar-refractivity contribution in [3.05, 3.63) is 47.8 Å². The second kappa shape index (κ2) is 9.34. The largest absolute Gasteiger partial charge is 0.490 e. The molecule has 4 rings (SSSR count). The minimum atomic E-state index is 0.298. The van der Waals surface area contributed by atoms with Crippen LogP contribution in [0.1, 0.15) is 36.8 Å². The molecule has 2 saturated heterocycles. The van der Waals surface area contributed by atoms with Crippen LogP contribution >= 0.6 is 0 Å². The Morgan fingerprint density at radius 2 is 2.00 bits per heavy atom. The number of ether oxygens (including phenoxy) is 2. The lowest BCUT2D eigenvalue weighted by Crippen LogP contribution is -2.37. The second-order valence-corrected chi connectivity index (χ2v) is 7.84. The number of hydrogen-bond donors (Lipinski definition) is 1. The Labute approximate surface area is 167 Å². The first-order valence-corrected chi connectivity index (χ1v) is 10.4. The standard InChI is InChI=1S/C22H30N4O2/c1-17-4-2-5-20(12-17)28-19-7-9-26(10-8-19)16-18-13-23-22(24-14-18)25-15-21-6-3-11-27-21/h2,4-5,12-14,19,21H,3,6-11,15-16H2,1H3,(H,23,24,25). The van der Waals surface area contributed by atoms with E-state index in [-0.39, 0.29) is 0 Å². The summed E-state index contributed by atoms with van der Waals surface area (Å²) in [5.41, 5.74) is 2.39. The molecule has 2 fully saturated rings. The number of hydrogen-bond acceptors (Lipinski definition) is 6. The van der Waals surface area contributed by atoms with Crippen LogP contribution in [0.15, 0.2) is 36.7 Å². The summed E-state index contributed by atoms with van der Waals surface area (Å²) in [6, 6.07) is 8.31. The highest BCUT2D eigenvalue weighted by molar-refractivity contribution is 5.28. The third kappa shape index (κ3) is 5.42. The van der Waals surface area contributed by atoms with E-state index in [4.69, 9.17) is 9.47 Å². The fourth-order valence-electron chi connectivity index (χ4n) is 3.86. The quantitative estimate of drug-likeness (QED) is 0.792. The van der Waals surface area contributed by atoms with Gasteiger partial charge >= 0.3 is 0 Å². The molecule has 0 aliphatic carbocycles. The van der Waals surface area contributed by atoms with E-state index in [9.17, 15) is 0 Å². The number of benzene rings is 1. The third-order valence-electron chi connectivity index (χ3n) is 5.45. The minimum Gasteiger partial charge on any atom is -0.490 e. The lowest BCUT2D eigenvalue weighted by atomic mass is 10.1. The summed E-state index contributed by atoms with van der Waals surface area (Å²) in [6.45, 7) is 6.72. The zero-order valence-corrected chi connectivity index (χ0v) is 16.6. The molecule has 28 heavy (non-hydrogen) atoms. The molecule has 0 bridgehead atoms. The van der Waals surface area contributed by atoms with Crippen LogP contribution in [0.4, 0.5) is 5.95 Å². The van der Waals surface area contributed by atoms with Gasteiger partial charge < -0.3 is 14.8 Å². The van der Waals surface area contributed by atoms with Gasteiger partial charge in [-0.25, -0.2) is 9.97 Å². The Kier molecular flexibility index (Phi) is 6.39. The summed E-state index contributed by atoms with van der Waals surface area (Å²) >= 11 is 0. The number of nitrogens with one attached hydrogen (secondary N) is 1. The zero-order chi connectivity index (χ0) is 19.2. The topological polar surface area (TPSA) is 59.5 Å². The molecule has 0 radical (unpaired) electrons. The molecule has 1 unspecified atom stereocenters. The van der Waals surface area contributed by atoms with Crippen LogP contribution in [-0.2, 0) is 11.3 Å². The normalized spacial score (nSPS) is 21.0. The van der Waals surface area contributed by atoms with E-state index in [2.05, 4.69) is 45.3 Å². The molecule has 3 heterocycles. The van der Waals surface area contributed by atoms with Gasteiger partial charge in [0.25, 0.3) is 0 Å². The molecule has 1 atom stereocenters. The van der Waals surface area contributed by atoms with E-state index in [1.165, 1.54) is 5.56 Å². The Morgan fingerprint density at radius 3 is 2.71 bits per heavy atom. The molecule has 0 saturated carbocycles. The third-order valence-corrected chi connectivity index (χ3v) is 5.45. The first-order valence-electron chi connectivity index (χ1n) is 10.4. The molecule has 1 aromatic carbocycles. The predicted molar refractivity (Wildman–Crippen MR) is 110 cm³/mol. The van der Waals surface area contributed by atoms with Crippen LogP contribution in [0.25, 0.3) is 0 Å². The maximum absolute atomic E-state index is 6.15. The molecule has 2 aliphatic rings. The van der Waals surface area contributed by atoms with Crippen LogP contribution in [-0.4, -0.2) is 53.3 Å². The minimum absolute atomic E-state index is 0.298. The van der Waals surface area contributed by atoms with E-state index < -0.39 is 0 Å². The average Bonchev–Trinajstić information content (AvgIpc) is 3.23. The van der Waals surface area contributed by atoms with Gasteiger partial charge in [0, 0.05) is 50.7 Å². The van der Waals surface area contributed by atoms with Crippen molar-refractivity contribution < 1.29 is 9.47 Å². The van der Waals surface area contributed by atoms with Crippen molar-refractivity contribution in [2.24, 2.45) is 0 Å². The zero-order valence-electron chi connectivity index (χ0n) is 16.6. The Bertz CT molecular complexity index is 738. The number of aryl methyl sites for hydroxylation is 1. The SMILES string of the molecule is Cc1cccc(OC2CCN(Cc3cnc(NCC4CCCO4)nc3)CC2)c1. The first-order chi connectivity index (χ1) is 13.7. The summed E-state index contributed by atoms with van der Waals surface area (Å²) in [5.74, 6) is 1.67. The molecule has 0 spiro atoms. The van der Waals surface area contributed by atoms with Gasteiger partial charge in [-0.1, -0.05) is 12.1 Å². The van der Waals surface area contributed by atoms with E-state index in [0.717, 1.165) is 69.8 Å². The molecule has 150 valence electrons. The number of piperidine rings is 1. The molecule has 2 aromatic rings. The van der Waals surface area contributed by atoms with Crippen molar-refractivity contribution in [1.82, 2.24) is 14.9 Å². The molecule has 2 aliphatic heterocycles. The van der Waals surface area contributed by atoms with Gasteiger partial charge in [-0.05, 0) is 50.3 Å². The second-order valence-electron chi connectivity index (χ2n) is 7.84. The number of likely N-dealkylation sites (tertiary alicyclic amines) is 1. The predicted octanol–water partition coefficient (Wildman–Crippen LogP) is 3.42. The number of anilines is 1. The van der Waals surface area contributed by atoms with Gasteiger partial charge in [-0.3, -0.25) is 4.90 Å². The van der Waals surface area contributed by atoms with Crippen LogP contribution < -0.4 is 10.1 Å². The van der Waals surface area contributed by atoms with E-state index >= 15 is 0 Å². The van der Waals surface area contributed by atoms with Gasteiger partial charge in [-0.15, -0.1) is 0 Å². The maximum Gasteiger partial charge on any atom is 0.222 e. The van der Waals surface area contributed by atoms with Crippen LogP contribution in [0, 0.1) is 6.92 Å². The van der Waals surface area contributed by atoms with Gasteiger partial charge in [0.05, 0.1) is 6.10 Å². The summed E-state index contributed by atoms with van der Waals surface area (Å²) < 4.78 is 11.8. The lowest BCUT2D eigenvalue weighted by molar-refractivity contribution is 0.0966. The van der Waals surface area contributed by atoms with Gasteiger partial charge in [0.1, 0.15) is 11.9 Å². The molecule has 0 amide bonds. The van der Waals surface area contributed by atoms with Crippen molar-refractivity contribution in [3.8, 4) is 5.75 Å². The summed E-state index contributed by atoms with van der Waals surface area (Å²) in [5, 5.41) is 3.27. The summed E-state index contributed by atoms with van der Waals surface area (Å²) in [6.07, 6.45) is 8.84. The van der Waals surface area contributed by atoms with E-state index in [1.807, 2.05) is 18.5 Å². The highest BCUT2D eigenvalue weighted by Gasteiger charge is 2.21. The first kappa shape index (κ1) is 19.2. The van der Waals surface area contributed by atoms with Gasteiger partial charge in [0.2, 0.25) is 5.95 Å². The van der Waals surface area contributed by atoms with Crippen LogP contribution in [0.3, 0.4) is 0 Å². The number of nitrogens with zero attached hydrogens (tertiary/aromatic N) is 3. The number of aromatic nitrogens is 2. The number of rotatable bonds is 7. The van der Waals surface area contributed by atoms with Crippen molar-refractivity contribution in [3.63, 3.8) is 0 Å². The summed E-state index contributed by atoms with van der Waals surface area (Å²) in [4.78, 5) is 11.4. The van der Waals surface area contributed by atoms with Crippen molar-refractivity contribution >= 4 is 5.95 Å². The average molecular weight is 383 g/mol. The highest BCUT2D eigenvalue weighted by atomic mass is 16.5. The maximum atomic E-state index is 6.15. The van der Waals surface area contributed by atoms with Crippen molar-refractivity contribution in [2.45, 2.75) is 51.4 Å². The van der Waals surface area contributed by atoms with E-state index in [1.54, 1.807) is 0 Å². The Morgan fingerprint density at radius 1 is 1.18 bits per heavy atom. The molecule has 6 nitrogen and oxygen atoms in total. The lowest BCUT2D eigenvalue weighted by Gasteiger charge is -2.32. The summed E-state index contributed by atoms with van der Waals surface area (Å²) in [7, 11) is 0. The molecule has 1 N–H and O–H groups in total. The highest BCUT2D eigenvalue weighted by Crippen LogP contribution is 2.21. The molecule has 1 aromatic heterocycles. The van der Waals surface area contributed by atoms with Crippen LogP contribution in [0.5, 0.6) is 5.75 Å².